The van der Waals surface area contributed by atoms with Crippen molar-refractivity contribution in [3.63, 3.8) is 0 Å². The fraction of sp³-hybridized carbons (Fsp3) is 0.318. The van der Waals surface area contributed by atoms with Gasteiger partial charge in [-0.2, -0.15) is 4.31 Å². The van der Waals surface area contributed by atoms with Crippen LogP contribution in [0.15, 0.2) is 64.9 Å². The highest BCUT2D eigenvalue weighted by Gasteiger charge is 2.28. The van der Waals surface area contributed by atoms with Crippen LogP contribution in [0.3, 0.4) is 0 Å². The third-order valence-electron chi connectivity index (χ3n) is 5.37. The second kappa shape index (κ2) is 8.78. The van der Waals surface area contributed by atoms with E-state index in [0.29, 0.717) is 18.8 Å². The van der Waals surface area contributed by atoms with Gasteiger partial charge in [0.15, 0.2) is 0 Å². The number of ether oxygens (including phenoxy) is 1. The van der Waals surface area contributed by atoms with Gasteiger partial charge in [0.25, 0.3) is 0 Å². The standard InChI is InChI=1S/C22H25N3O5S2/c1-17-6-7-18(2)21(14-17)25-9-8-23-22(25)31(26,27)16-19-4-3-5-20(15-19)32(28,29)24-10-12-30-13-11-24/h3-9,14-15H,10-13,16H2,1-2H3. The maximum Gasteiger partial charge on any atom is 0.243 e. The first-order valence-corrected chi connectivity index (χ1v) is 13.3. The normalized spacial score (nSPS) is 15.7. The van der Waals surface area contributed by atoms with Crippen molar-refractivity contribution in [3.8, 4) is 5.69 Å². The molecule has 3 aromatic rings. The summed E-state index contributed by atoms with van der Waals surface area (Å²) >= 11 is 0. The number of sulfonamides is 1. The summed E-state index contributed by atoms with van der Waals surface area (Å²) in [7, 11) is -7.56. The number of aryl methyl sites for hydroxylation is 2. The topological polar surface area (TPSA) is 98.6 Å². The lowest BCUT2D eigenvalue weighted by atomic mass is 10.1. The molecule has 32 heavy (non-hydrogen) atoms. The van der Waals surface area contributed by atoms with Gasteiger partial charge in [-0.3, -0.25) is 4.57 Å². The largest absolute Gasteiger partial charge is 0.379 e. The molecule has 0 aliphatic carbocycles. The van der Waals surface area contributed by atoms with Gasteiger partial charge in [-0.25, -0.2) is 21.8 Å². The molecule has 0 amide bonds. The Kier molecular flexibility index (Phi) is 6.22. The summed E-state index contributed by atoms with van der Waals surface area (Å²) in [5.74, 6) is -0.360. The Labute approximate surface area is 188 Å². The second-order valence-corrected chi connectivity index (χ2v) is 11.6. The first-order chi connectivity index (χ1) is 15.2. The van der Waals surface area contributed by atoms with Crippen molar-refractivity contribution in [3.05, 3.63) is 71.5 Å². The molecule has 1 aliphatic rings. The summed E-state index contributed by atoms with van der Waals surface area (Å²) in [6.45, 7) is 5.08. The van der Waals surface area contributed by atoms with Gasteiger partial charge in [0.2, 0.25) is 25.0 Å². The predicted molar refractivity (Wildman–Crippen MR) is 120 cm³/mol. The fourth-order valence-corrected chi connectivity index (χ4v) is 6.60. The molecule has 1 aromatic heterocycles. The van der Waals surface area contributed by atoms with Gasteiger partial charge in [-0.1, -0.05) is 24.3 Å². The minimum Gasteiger partial charge on any atom is -0.379 e. The Morgan fingerprint density at radius 1 is 1.00 bits per heavy atom. The van der Waals surface area contributed by atoms with Crippen LogP contribution < -0.4 is 0 Å². The second-order valence-electron chi connectivity index (χ2n) is 7.79. The lowest BCUT2D eigenvalue weighted by molar-refractivity contribution is 0.0730. The summed E-state index contributed by atoms with van der Waals surface area (Å²) < 4.78 is 60.6. The molecule has 0 saturated carbocycles. The molecule has 1 aliphatic heterocycles. The minimum atomic E-state index is -3.84. The molecule has 0 radical (unpaired) electrons. The lowest BCUT2D eigenvalue weighted by Gasteiger charge is -2.26. The summed E-state index contributed by atoms with van der Waals surface area (Å²) in [6, 6.07) is 11.9. The Bertz CT molecular complexity index is 1340. The highest BCUT2D eigenvalue weighted by atomic mass is 32.2. The lowest BCUT2D eigenvalue weighted by Crippen LogP contribution is -2.40. The van der Waals surface area contributed by atoms with E-state index in [1.807, 2.05) is 32.0 Å². The first kappa shape index (κ1) is 22.7. The van der Waals surface area contributed by atoms with Crippen LogP contribution in [0.5, 0.6) is 0 Å². The van der Waals surface area contributed by atoms with Gasteiger partial charge in [-0.15, -0.1) is 0 Å². The number of rotatable bonds is 6. The molecule has 0 N–H and O–H groups in total. The van der Waals surface area contributed by atoms with E-state index in [4.69, 9.17) is 4.74 Å². The van der Waals surface area contributed by atoms with Crippen molar-refractivity contribution >= 4 is 19.9 Å². The van der Waals surface area contributed by atoms with Gasteiger partial charge in [0, 0.05) is 25.5 Å². The summed E-state index contributed by atoms with van der Waals surface area (Å²) in [5, 5.41) is -0.0763. The number of aromatic nitrogens is 2. The van der Waals surface area contributed by atoms with Crippen LogP contribution in [0.4, 0.5) is 0 Å². The van der Waals surface area contributed by atoms with E-state index in [-0.39, 0.29) is 28.9 Å². The fourth-order valence-electron chi connectivity index (χ4n) is 3.70. The molecule has 4 rings (SSSR count). The van der Waals surface area contributed by atoms with Gasteiger partial charge >= 0.3 is 0 Å². The van der Waals surface area contributed by atoms with Gasteiger partial charge < -0.3 is 4.74 Å². The molecule has 8 nitrogen and oxygen atoms in total. The van der Waals surface area contributed by atoms with Crippen molar-refractivity contribution in [2.45, 2.75) is 29.7 Å². The quantitative estimate of drug-likeness (QED) is 0.543. The Morgan fingerprint density at radius 3 is 2.50 bits per heavy atom. The van der Waals surface area contributed by atoms with Crippen LogP contribution in [0, 0.1) is 13.8 Å². The maximum atomic E-state index is 13.3. The van der Waals surface area contributed by atoms with Crippen LogP contribution in [0.2, 0.25) is 0 Å². The molecule has 0 atom stereocenters. The summed E-state index contributed by atoms with van der Waals surface area (Å²) in [6.07, 6.45) is 3.07. The Morgan fingerprint density at radius 2 is 1.75 bits per heavy atom. The molecule has 1 fully saturated rings. The zero-order chi connectivity index (χ0) is 22.9. The van der Waals surface area contributed by atoms with E-state index in [2.05, 4.69) is 4.98 Å². The van der Waals surface area contributed by atoms with Crippen LogP contribution in [0.25, 0.3) is 5.69 Å². The van der Waals surface area contributed by atoms with Gasteiger partial charge in [-0.05, 0) is 48.7 Å². The van der Waals surface area contributed by atoms with Crippen molar-refractivity contribution in [1.82, 2.24) is 13.9 Å². The van der Waals surface area contributed by atoms with E-state index in [0.717, 1.165) is 16.8 Å². The number of morpholine rings is 1. The molecule has 10 heteroatoms. The maximum absolute atomic E-state index is 13.3. The monoisotopic (exact) mass is 475 g/mol. The van der Waals surface area contributed by atoms with E-state index < -0.39 is 19.9 Å². The van der Waals surface area contributed by atoms with E-state index >= 15 is 0 Å². The highest BCUT2D eigenvalue weighted by Crippen LogP contribution is 2.24. The average molecular weight is 476 g/mol. The summed E-state index contributed by atoms with van der Waals surface area (Å²) in [5.41, 5.74) is 3.05. The number of nitrogens with zero attached hydrogens (tertiary/aromatic N) is 3. The zero-order valence-electron chi connectivity index (χ0n) is 17.9. The number of sulfone groups is 1. The molecular weight excluding hydrogens is 450 g/mol. The number of benzene rings is 2. The smallest absolute Gasteiger partial charge is 0.243 e. The SMILES string of the molecule is Cc1ccc(C)c(-n2ccnc2S(=O)(=O)Cc2cccc(S(=O)(=O)N3CCOCC3)c2)c1. The van der Waals surface area contributed by atoms with Crippen LogP contribution >= 0.6 is 0 Å². The van der Waals surface area contributed by atoms with E-state index in [1.54, 1.807) is 22.9 Å². The molecule has 2 heterocycles. The van der Waals surface area contributed by atoms with Crippen LogP contribution in [-0.2, 0) is 30.4 Å². The molecule has 0 unspecified atom stereocenters. The van der Waals surface area contributed by atoms with Crippen molar-refractivity contribution < 1.29 is 21.6 Å². The predicted octanol–water partition coefficient (Wildman–Crippen LogP) is 2.48. The van der Waals surface area contributed by atoms with E-state index in [9.17, 15) is 16.8 Å². The molecule has 0 spiro atoms. The molecule has 0 bridgehead atoms. The third kappa shape index (κ3) is 4.49. The van der Waals surface area contributed by atoms with E-state index in [1.165, 1.54) is 22.6 Å². The van der Waals surface area contributed by atoms with Crippen molar-refractivity contribution in [2.75, 3.05) is 26.3 Å². The molecule has 170 valence electrons. The Hall–Kier alpha value is -2.53. The number of imidazole rings is 1. The van der Waals surface area contributed by atoms with Crippen molar-refractivity contribution in [1.29, 1.82) is 0 Å². The Balaban J connectivity index is 1.65. The third-order valence-corrected chi connectivity index (χ3v) is 8.84. The summed E-state index contributed by atoms with van der Waals surface area (Å²) in [4.78, 5) is 4.18. The molecule has 1 saturated heterocycles. The van der Waals surface area contributed by atoms with Crippen LogP contribution in [-0.4, -0.2) is 57.0 Å². The average Bonchev–Trinajstić information content (AvgIpc) is 3.27. The first-order valence-electron chi connectivity index (χ1n) is 10.2. The molecular formula is C22H25N3O5S2. The van der Waals surface area contributed by atoms with Gasteiger partial charge in [0.05, 0.1) is 29.5 Å². The van der Waals surface area contributed by atoms with Crippen LogP contribution in [0.1, 0.15) is 16.7 Å². The number of hydrogen-bond donors (Lipinski definition) is 0. The minimum absolute atomic E-state index is 0.0740. The van der Waals surface area contributed by atoms with Crippen molar-refractivity contribution in [2.24, 2.45) is 0 Å². The molecule has 2 aromatic carbocycles. The number of hydrogen-bond acceptors (Lipinski definition) is 6. The zero-order valence-corrected chi connectivity index (χ0v) is 19.6. The van der Waals surface area contributed by atoms with Gasteiger partial charge in [0.1, 0.15) is 0 Å². The highest BCUT2D eigenvalue weighted by molar-refractivity contribution is 7.90.